The van der Waals surface area contributed by atoms with Gasteiger partial charge in [-0.1, -0.05) is 60.7 Å². The zero-order valence-corrected chi connectivity index (χ0v) is 18.7. The first-order valence-corrected chi connectivity index (χ1v) is 11.4. The van der Waals surface area contributed by atoms with E-state index < -0.39 is 0 Å². The molecule has 33 heavy (non-hydrogen) atoms. The van der Waals surface area contributed by atoms with Crippen LogP contribution in [-0.2, 0) is 32.6 Å². The van der Waals surface area contributed by atoms with Gasteiger partial charge in [-0.25, -0.2) is 4.98 Å². The Balaban J connectivity index is 1.14. The van der Waals surface area contributed by atoms with Crippen LogP contribution in [0.4, 0.5) is 0 Å². The summed E-state index contributed by atoms with van der Waals surface area (Å²) in [4.78, 5) is 19.2. The van der Waals surface area contributed by atoms with Gasteiger partial charge < -0.3 is 9.88 Å². The maximum Gasteiger partial charge on any atom is 0.251 e. The summed E-state index contributed by atoms with van der Waals surface area (Å²) in [7, 11) is 0. The molecule has 1 aliphatic heterocycles. The van der Waals surface area contributed by atoms with Gasteiger partial charge in [-0.15, -0.1) is 0 Å². The van der Waals surface area contributed by atoms with Crippen LogP contribution >= 0.6 is 0 Å². The van der Waals surface area contributed by atoms with Gasteiger partial charge in [0, 0.05) is 50.7 Å². The maximum atomic E-state index is 12.7. The van der Waals surface area contributed by atoms with Crippen molar-refractivity contribution in [2.45, 2.75) is 32.6 Å². The highest BCUT2D eigenvalue weighted by Gasteiger charge is 2.16. The predicted octanol–water partition coefficient (Wildman–Crippen LogP) is 4.42. The van der Waals surface area contributed by atoms with E-state index in [0.29, 0.717) is 12.1 Å². The molecular weight excluding hydrogens is 408 g/mol. The van der Waals surface area contributed by atoms with Crippen LogP contribution in [0.1, 0.15) is 38.2 Å². The standard InChI is InChI=1S/C28H28N4O/c33-28(30-17-23-4-3-5-24(16-23)19-32-15-13-29-21-32)26-10-8-22(9-11-26)18-31-14-12-25-6-1-2-7-27(25)20-31/h1-11,13,15-16,21H,12,14,17-20H2,(H,30,33). The number of benzene rings is 3. The molecule has 1 N–H and O–H groups in total. The van der Waals surface area contributed by atoms with E-state index in [2.05, 4.69) is 63.7 Å². The number of hydrogen-bond acceptors (Lipinski definition) is 3. The van der Waals surface area contributed by atoms with Crippen LogP contribution < -0.4 is 5.32 Å². The van der Waals surface area contributed by atoms with Crippen molar-refractivity contribution in [1.29, 1.82) is 0 Å². The number of carbonyl (C=O) groups excluding carboxylic acids is 1. The summed E-state index contributed by atoms with van der Waals surface area (Å²) in [5, 5.41) is 3.04. The van der Waals surface area contributed by atoms with Gasteiger partial charge in [0.2, 0.25) is 0 Å². The van der Waals surface area contributed by atoms with Crippen molar-refractivity contribution < 1.29 is 4.79 Å². The summed E-state index contributed by atoms with van der Waals surface area (Å²) in [6, 6.07) is 25.0. The minimum absolute atomic E-state index is 0.0477. The number of fused-ring (bicyclic) bond motifs is 1. The summed E-state index contributed by atoms with van der Waals surface area (Å²) in [6.45, 7) is 4.23. The maximum absolute atomic E-state index is 12.7. The second-order valence-electron chi connectivity index (χ2n) is 8.66. The summed E-state index contributed by atoms with van der Waals surface area (Å²) >= 11 is 0. The van der Waals surface area contributed by atoms with Gasteiger partial charge in [0.15, 0.2) is 0 Å². The van der Waals surface area contributed by atoms with Gasteiger partial charge in [0.1, 0.15) is 0 Å². The molecule has 1 aliphatic rings. The fourth-order valence-corrected chi connectivity index (χ4v) is 4.42. The zero-order chi connectivity index (χ0) is 22.5. The fraction of sp³-hybridized carbons (Fsp3) is 0.214. The number of aromatic nitrogens is 2. The Morgan fingerprint density at radius 3 is 2.52 bits per heavy atom. The molecule has 0 aliphatic carbocycles. The Labute approximate surface area is 194 Å². The molecule has 4 aromatic rings. The van der Waals surface area contributed by atoms with Crippen LogP contribution in [-0.4, -0.2) is 26.9 Å². The monoisotopic (exact) mass is 436 g/mol. The van der Waals surface area contributed by atoms with Gasteiger partial charge in [-0.2, -0.15) is 0 Å². The van der Waals surface area contributed by atoms with E-state index in [1.165, 1.54) is 22.3 Å². The third-order valence-electron chi connectivity index (χ3n) is 6.20. The minimum Gasteiger partial charge on any atom is -0.348 e. The number of hydrogen-bond donors (Lipinski definition) is 1. The van der Waals surface area contributed by atoms with Crippen molar-refractivity contribution >= 4 is 5.91 Å². The average molecular weight is 437 g/mol. The highest BCUT2D eigenvalue weighted by molar-refractivity contribution is 5.94. The lowest BCUT2D eigenvalue weighted by Crippen LogP contribution is -2.30. The minimum atomic E-state index is -0.0477. The number of imidazole rings is 1. The smallest absolute Gasteiger partial charge is 0.251 e. The van der Waals surface area contributed by atoms with Crippen LogP contribution in [0.5, 0.6) is 0 Å². The van der Waals surface area contributed by atoms with E-state index in [-0.39, 0.29) is 5.91 Å². The highest BCUT2D eigenvalue weighted by atomic mass is 16.1. The fourth-order valence-electron chi connectivity index (χ4n) is 4.42. The molecule has 0 unspecified atom stereocenters. The number of carbonyl (C=O) groups is 1. The van der Waals surface area contributed by atoms with E-state index in [0.717, 1.165) is 38.2 Å². The van der Waals surface area contributed by atoms with Crippen molar-refractivity contribution in [3.05, 3.63) is 125 Å². The van der Waals surface area contributed by atoms with Crippen LogP contribution in [0.3, 0.4) is 0 Å². The summed E-state index contributed by atoms with van der Waals surface area (Å²) in [5.41, 5.74) is 7.09. The molecule has 166 valence electrons. The molecule has 3 aromatic carbocycles. The number of nitrogens with zero attached hydrogens (tertiary/aromatic N) is 3. The highest BCUT2D eigenvalue weighted by Crippen LogP contribution is 2.20. The third-order valence-corrected chi connectivity index (χ3v) is 6.20. The molecule has 0 saturated carbocycles. The van der Waals surface area contributed by atoms with Crippen LogP contribution in [0.15, 0.2) is 91.5 Å². The topological polar surface area (TPSA) is 50.2 Å². The van der Waals surface area contributed by atoms with E-state index >= 15 is 0 Å². The lowest BCUT2D eigenvalue weighted by Gasteiger charge is -2.28. The Kier molecular flexibility index (Phi) is 6.31. The Morgan fingerprint density at radius 2 is 1.70 bits per heavy atom. The molecular formula is C28H28N4O. The molecule has 5 heteroatoms. The second-order valence-corrected chi connectivity index (χ2v) is 8.66. The van der Waals surface area contributed by atoms with Gasteiger partial charge in [0.05, 0.1) is 6.33 Å². The van der Waals surface area contributed by atoms with Crippen molar-refractivity contribution in [1.82, 2.24) is 19.8 Å². The molecule has 0 saturated heterocycles. The molecule has 0 atom stereocenters. The number of amides is 1. The molecule has 0 bridgehead atoms. The van der Waals surface area contributed by atoms with Gasteiger partial charge >= 0.3 is 0 Å². The molecule has 1 amide bonds. The first-order chi connectivity index (χ1) is 16.2. The predicted molar refractivity (Wildman–Crippen MR) is 130 cm³/mol. The Hall–Kier alpha value is -3.70. The largest absolute Gasteiger partial charge is 0.348 e. The zero-order valence-electron chi connectivity index (χ0n) is 18.7. The second kappa shape index (κ2) is 9.84. The van der Waals surface area contributed by atoms with Crippen molar-refractivity contribution in [2.75, 3.05) is 6.54 Å². The quantitative estimate of drug-likeness (QED) is 0.467. The molecule has 5 rings (SSSR count). The van der Waals surface area contributed by atoms with Crippen molar-refractivity contribution in [2.24, 2.45) is 0 Å². The van der Waals surface area contributed by atoms with Crippen molar-refractivity contribution in [3.8, 4) is 0 Å². The van der Waals surface area contributed by atoms with Crippen molar-refractivity contribution in [3.63, 3.8) is 0 Å². The summed E-state index contributed by atoms with van der Waals surface area (Å²) < 4.78 is 2.03. The van der Waals surface area contributed by atoms with Crippen LogP contribution in [0.2, 0.25) is 0 Å². The van der Waals surface area contributed by atoms with E-state index in [4.69, 9.17) is 0 Å². The SMILES string of the molecule is O=C(NCc1cccc(Cn2ccnc2)c1)c1ccc(CN2CCc3ccccc3C2)cc1. The van der Waals surface area contributed by atoms with Gasteiger partial charge in [-0.3, -0.25) is 9.69 Å². The lowest BCUT2D eigenvalue weighted by molar-refractivity contribution is 0.0951. The molecule has 5 nitrogen and oxygen atoms in total. The molecule has 0 radical (unpaired) electrons. The normalized spacial score (nSPS) is 13.5. The lowest BCUT2D eigenvalue weighted by atomic mass is 9.99. The number of nitrogens with one attached hydrogen (secondary N) is 1. The third kappa shape index (κ3) is 5.38. The van der Waals surface area contributed by atoms with E-state index in [1.54, 1.807) is 6.20 Å². The van der Waals surface area contributed by atoms with E-state index in [9.17, 15) is 4.79 Å². The van der Waals surface area contributed by atoms with E-state index in [1.807, 2.05) is 41.4 Å². The Morgan fingerprint density at radius 1 is 0.879 bits per heavy atom. The van der Waals surface area contributed by atoms with Crippen LogP contribution in [0.25, 0.3) is 0 Å². The molecule has 0 fully saturated rings. The van der Waals surface area contributed by atoms with Crippen LogP contribution in [0, 0.1) is 0 Å². The van der Waals surface area contributed by atoms with Gasteiger partial charge in [0.25, 0.3) is 5.91 Å². The molecule has 1 aromatic heterocycles. The van der Waals surface area contributed by atoms with Gasteiger partial charge in [-0.05, 0) is 46.4 Å². The average Bonchev–Trinajstić information content (AvgIpc) is 3.36. The number of rotatable bonds is 7. The molecule has 0 spiro atoms. The first kappa shape index (κ1) is 21.2. The summed E-state index contributed by atoms with van der Waals surface area (Å²) in [6.07, 6.45) is 6.63. The summed E-state index contributed by atoms with van der Waals surface area (Å²) in [5.74, 6) is -0.0477. The molecule has 2 heterocycles. The Bertz CT molecular complexity index is 1210. The first-order valence-electron chi connectivity index (χ1n) is 11.4.